The number of anilines is 1. The molecule has 1 aromatic heterocycles. The lowest BCUT2D eigenvalue weighted by Crippen LogP contribution is -2.05. The number of fused-ring (bicyclic) bond motifs is 1. The second-order valence-electron chi connectivity index (χ2n) is 5.91. The SMILES string of the molecule is C=C/C=C(\C=C/C)Nc1nnc(CC2=CC=NC=CC2)c2ccccc12.CC. The molecule has 0 radical (unpaired) electrons. The quantitative estimate of drug-likeness (QED) is 0.617. The van der Waals surface area contributed by atoms with Crippen LogP contribution >= 0.6 is 0 Å². The first kappa shape index (κ1) is 21.0. The van der Waals surface area contributed by atoms with Crippen LogP contribution < -0.4 is 5.32 Å². The molecule has 2 heterocycles. The van der Waals surface area contributed by atoms with Crippen LogP contribution in [0.3, 0.4) is 0 Å². The van der Waals surface area contributed by atoms with E-state index in [1.807, 2.05) is 63.5 Å². The zero-order valence-corrected chi connectivity index (χ0v) is 16.9. The summed E-state index contributed by atoms with van der Waals surface area (Å²) in [4.78, 5) is 4.16. The van der Waals surface area contributed by atoms with E-state index in [1.54, 1.807) is 6.08 Å². The van der Waals surface area contributed by atoms with Crippen LogP contribution in [0.15, 0.2) is 89.8 Å². The first-order valence-corrected chi connectivity index (χ1v) is 9.64. The third kappa shape index (κ3) is 5.61. The number of nitrogens with zero attached hydrogens (tertiary/aromatic N) is 3. The van der Waals surface area contributed by atoms with Gasteiger partial charge in [-0.15, -0.1) is 5.10 Å². The smallest absolute Gasteiger partial charge is 0.160 e. The van der Waals surface area contributed by atoms with Crippen molar-refractivity contribution in [3.8, 4) is 0 Å². The maximum atomic E-state index is 4.51. The molecule has 4 heteroatoms. The molecule has 0 fully saturated rings. The number of aromatic nitrogens is 2. The molecule has 0 bridgehead atoms. The van der Waals surface area contributed by atoms with Crippen LogP contribution in [0.2, 0.25) is 0 Å². The van der Waals surface area contributed by atoms with Gasteiger partial charge in [-0.1, -0.05) is 68.5 Å². The predicted molar refractivity (Wildman–Crippen MR) is 122 cm³/mol. The molecule has 144 valence electrons. The average Bonchev–Trinajstić information content (AvgIpc) is 3.00. The molecule has 0 saturated heterocycles. The maximum Gasteiger partial charge on any atom is 0.160 e. The maximum absolute atomic E-state index is 4.51. The summed E-state index contributed by atoms with van der Waals surface area (Å²) in [6.45, 7) is 9.74. The van der Waals surface area contributed by atoms with Crippen molar-refractivity contribution < 1.29 is 0 Å². The molecule has 3 rings (SSSR count). The van der Waals surface area contributed by atoms with Gasteiger partial charge in [0.2, 0.25) is 0 Å². The van der Waals surface area contributed by atoms with Gasteiger partial charge in [-0.2, -0.15) is 5.10 Å². The number of hydrogen-bond acceptors (Lipinski definition) is 4. The van der Waals surface area contributed by atoms with Crippen molar-refractivity contribution in [3.05, 3.63) is 90.5 Å². The first-order chi connectivity index (χ1) is 13.8. The van der Waals surface area contributed by atoms with Crippen LogP contribution in [0, 0.1) is 0 Å². The highest BCUT2D eigenvalue weighted by Crippen LogP contribution is 2.26. The highest BCUT2D eigenvalue weighted by atomic mass is 15.2. The molecule has 0 atom stereocenters. The molecule has 28 heavy (non-hydrogen) atoms. The van der Waals surface area contributed by atoms with Gasteiger partial charge in [0.15, 0.2) is 5.82 Å². The second-order valence-corrected chi connectivity index (χ2v) is 5.91. The van der Waals surface area contributed by atoms with Crippen molar-refractivity contribution in [2.75, 3.05) is 5.32 Å². The molecular formula is C24H28N4. The molecule has 2 aromatic rings. The molecule has 1 aliphatic rings. The van der Waals surface area contributed by atoms with Gasteiger partial charge < -0.3 is 5.32 Å². The number of aliphatic imine (C=N–C) groups is 1. The summed E-state index contributed by atoms with van der Waals surface area (Å²) in [5, 5.41) is 14.5. The van der Waals surface area contributed by atoms with E-state index in [2.05, 4.69) is 51.4 Å². The Morgan fingerprint density at radius 2 is 1.96 bits per heavy atom. The monoisotopic (exact) mass is 372 g/mol. The Hall–Kier alpha value is -3.27. The Morgan fingerprint density at radius 3 is 2.71 bits per heavy atom. The Labute approximate surface area is 167 Å². The van der Waals surface area contributed by atoms with E-state index in [0.29, 0.717) is 0 Å². The Balaban J connectivity index is 0.00000136. The molecule has 0 spiro atoms. The normalized spacial score (nSPS) is 13.7. The third-order valence-electron chi connectivity index (χ3n) is 4.03. The average molecular weight is 373 g/mol. The van der Waals surface area contributed by atoms with E-state index in [9.17, 15) is 0 Å². The Bertz CT molecular complexity index is 946. The lowest BCUT2D eigenvalue weighted by molar-refractivity contribution is 0.936. The zero-order valence-electron chi connectivity index (χ0n) is 16.9. The summed E-state index contributed by atoms with van der Waals surface area (Å²) in [7, 11) is 0. The number of nitrogens with one attached hydrogen (secondary N) is 1. The van der Waals surface area contributed by atoms with Crippen molar-refractivity contribution >= 4 is 22.8 Å². The standard InChI is InChI=1S/C22H22N4.C2H6/c1-3-8-18(9-4-2)24-22-20-12-6-5-11-19(20)21(25-26-22)16-17-10-7-14-23-15-13-17;1-2/h3-9,11-15H,1,10,16H2,2H3,(H,24,26);1-2H3/b9-4-,18-8+;. The van der Waals surface area contributed by atoms with Crippen molar-refractivity contribution in [3.63, 3.8) is 0 Å². The van der Waals surface area contributed by atoms with Gasteiger partial charge in [-0.25, -0.2) is 0 Å². The van der Waals surface area contributed by atoms with E-state index in [1.165, 1.54) is 5.57 Å². The molecule has 0 aliphatic carbocycles. The summed E-state index contributed by atoms with van der Waals surface area (Å²) in [6, 6.07) is 8.22. The number of benzene rings is 1. The highest BCUT2D eigenvalue weighted by Gasteiger charge is 2.11. The van der Waals surface area contributed by atoms with Crippen LogP contribution in [-0.2, 0) is 6.42 Å². The largest absolute Gasteiger partial charge is 0.338 e. The van der Waals surface area contributed by atoms with E-state index < -0.39 is 0 Å². The van der Waals surface area contributed by atoms with Gasteiger partial charge in [0.1, 0.15) is 0 Å². The zero-order chi connectivity index (χ0) is 20.2. The van der Waals surface area contributed by atoms with Crippen LogP contribution in [-0.4, -0.2) is 16.4 Å². The van der Waals surface area contributed by atoms with Crippen LogP contribution in [0.25, 0.3) is 10.8 Å². The molecule has 0 amide bonds. The van der Waals surface area contributed by atoms with Gasteiger partial charge >= 0.3 is 0 Å². The molecule has 0 unspecified atom stereocenters. The Kier molecular flexibility index (Phi) is 8.60. The molecule has 0 saturated carbocycles. The van der Waals surface area contributed by atoms with E-state index in [0.717, 1.165) is 40.8 Å². The molecule has 4 nitrogen and oxygen atoms in total. The summed E-state index contributed by atoms with van der Waals surface area (Å²) in [5.74, 6) is 0.742. The lowest BCUT2D eigenvalue weighted by Gasteiger charge is -2.12. The van der Waals surface area contributed by atoms with Gasteiger partial charge in [0.05, 0.1) is 5.69 Å². The topological polar surface area (TPSA) is 50.2 Å². The lowest BCUT2D eigenvalue weighted by atomic mass is 10.0. The number of allylic oxidation sites excluding steroid dienone is 7. The summed E-state index contributed by atoms with van der Waals surface area (Å²) >= 11 is 0. The van der Waals surface area contributed by atoms with Gasteiger partial charge in [0.25, 0.3) is 0 Å². The minimum absolute atomic E-state index is 0.742. The Morgan fingerprint density at radius 1 is 1.18 bits per heavy atom. The number of rotatable bonds is 6. The van der Waals surface area contributed by atoms with Crippen LogP contribution in [0.5, 0.6) is 0 Å². The first-order valence-electron chi connectivity index (χ1n) is 9.64. The van der Waals surface area contributed by atoms with Crippen molar-refractivity contribution in [2.24, 2.45) is 4.99 Å². The van der Waals surface area contributed by atoms with Crippen LogP contribution in [0.4, 0.5) is 5.82 Å². The third-order valence-corrected chi connectivity index (χ3v) is 4.03. The fourth-order valence-electron chi connectivity index (χ4n) is 2.84. The van der Waals surface area contributed by atoms with Crippen molar-refractivity contribution in [1.82, 2.24) is 10.2 Å². The fourth-order valence-corrected chi connectivity index (χ4v) is 2.84. The summed E-state index contributed by atoms with van der Waals surface area (Å²) in [6.07, 6.45) is 17.0. The minimum Gasteiger partial charge on any atom is -0.338 e. The van der Waals surface area contributed by atoms with Gasteiger partial charge in [-0.05, 0) is 31.6 Å². The van der Waals surface area contributed by atoms with E-state index in [4.69, 9.17) is 0 Å². The second kappa shape index (κ2) is 11.4. The fraction of sp³-hybridized carbons (Fsp3) is 0.208. The van der Waals surface area contributed by atoms with Gasteiger partial charge in [-0.3, -0.25) is 4.99 Å². The molecule has 1 N–H and O–H groups in total. The van der Waals surface area contributed by atoms with Crippen molar-refractivity contribution in [2.45, 2.75) is 33.6 Å². The highest BCUT2D eigenvalue weighted by molar-refractivity contribution is 5.93. The van der Waals surface area contributed by atoms with E-state index >= 15 is 0 Å². The molecular weight excluding hydrogens is 344 g/mol. The van der Waals surface area contributed by atoms with Crippen LogP contribution in [0.1, 0.15) is 32.9 Å². The minimum atomic E-state index is 0.742. The number of hydrogen-bond donors (Lipinski definition) is 1. The van der Waals surface area contributed by atoms with Gasteiger partial charge in [0, 0.05) is 35.3 Å². The molecule has 1 aromatic carbocycles. The summed E-state index contributed by atoms with van der Waals surface area (Å²) < 4.78 is 0. The van der Waals surface area contributed by atoms with Crippen molar-refractivity contribution in [1.29, 1.82) is 0 Å². The predicted octanol–water partition coefficient (Wildman–Crippen LogP) is 6.17. The molecule has 1 aliphatic heterocycles. The summed E-state index contributed by atoms with van der Waals surface area (Å²) in [5.41, 5.74) is 3.16. The van der Waals surface area contributed by atoms with E-state index in [-0.39, 0.29) is 0 Å².